The van der Waals surface area contributed by atoms with Crippen molar-refractivity contribution in [3.63, 3.8) is 0 Å². The van der Waals surface area contributed by atoms with Crippen LogP contribution in [-0.2, 0) is 15.3 Å². The van der Waals surface area contributed by atoms with Gasteiger partial charge in [0.1, 0.15) is 6.61 Å². The first-order chi connectivity index (χ1) is 9.49. The third-order valence-electron chi connectivity index (χ3n) is 2.23. The Hall–Kier alpha value is -2.02. The first kappa shape index (κ1) is 16.0. The molecule has 6 nitrogen and oxygen atoms in total. The van der Waals surface area contributed by atoms with Crippen molar-refractivity contribution in [2.75, 3.05) is 12.4 Å². The van der Waals surface area contributed by atoms with Gasteiger partial charge in [-0.05, 0) is 12.5 Å². The van der Waals surface area contributed by atoms with Gasteiger partial charge in [0.2, 0.25) is 0 Å². The van der Waals surface area contributed by atoms with Gasteiger partial charge in [0.15, 0.2) is 0 Å². The molecule has 0 atom stereocenters. The summed E-state index contributed by atoms with van der Waals surface area (Å²) in [5.74, 6) is 0.919. The number of allylic oxidation sites excluding steroid dienone is 1. The van der Waals surface area contributed by atoms with Gasteiger partial charge in [-0.15, -0.1) is 0 Å². The van der Waals surface area contributed by atoms with E-state index in [1.54, 1.807) is 30.8 Å². The highest BCUT2D eigenvalue weighted by molar-refractivity contribution is 7.98. The van der Waals surface area contributed by atoms with Crippen LogP contribution < -0.4 is 5.73 Å². The summed E-state index contributed by atoms with van der Waals surface area (Å²) in [6.07, 6.45) is 1.24. The van der Waals surface area contributed by atoms with Crippen molar-refractivity contribution in [3.8, 4) is 0 Å². The van der Waals surface area contributed by atoms with E-state index in [0.717, 1.165) is 5.56 Å². The van der Waals surface area contributed by atoms with E-state index in [1.807, 2.05) is 0 Å². The molecule has 20 heavy (non-hydrogen) atoms. The maximum atomic E-state index is 11.1. The molecule has 0 saturated heterocycles. The summed E-state index contributed by atoms with van der Waals surface area (Å²) in [6, 6.07) is 6.39. The number of nitrogens with zero attached hydrogens (tertiary/aromatic N) is 1. The lowest BCUT2D eigenvalue weighted by Gasteiger charge is -2.03. The molecule has 0 amide bonds. The summed E-state index contributed by atoms with van der Waals surface area (Å²) >= 11 is 1.58. The first-order valence-corrected chi connectivity index (χ1v) is 7.06. The van der Waals surface area contributed by atoms with Gasteiger partial charge < -0.3 is 10.5 Å². The summed E-state index contributed by atoms with van der Waals surface area (Å²) in [5.41, 5.74) is 6.82. The normalized spacial score (nSPS) is 11.2. The zero-order chi connectivity index (χ0) is 15.0. The molecule has 7 heteroatoms. The molecule has 0 aliphatic rings. The van der Waals surface area contributed by atoms with Crippen LogP contribution in [-0.4, -0.2) is 23.3 Å². The van der Waals surface area contributed by atoms with E-state index in [4.69, 9.17) is 10.5 Å². The molecule has 108 valence electrons. The van der Waals surface area contributed by atoms with E-state index in [-0.39, 0.29) is 5.69 Å². The van der Waals surface area contributed by atoms with Crippen molar-refractivity contribution in [2.24, 2.45) is 5.73 Å². The zero-order valence-electron chi connectivity index (χ0n) is 11.1. The molecule has 0 saturated carbocycles. The topological polar surface area (TPSA) is 95.5 Å². The van der Waals surface area contributed by atoms with Crippen molar-refractivity contribution < 1.29 is 14.5 Å². The molecule has 0 fully saturated rings. The van der Waals surface area contributed by atoms with Gasteiger partial charge in [-0.1, -0.05) is 12.1 Å². The number of ether oxygens (including phenoxy) is 1. The van der Waals surface area contributed by atoms with E-state index in [1.165, 1.54) is 18.2 Å². The highest BCUT2D eigenvalue weighted by Crippen LogP contribution is 2.16. The Bertz CT molecular complexity index is 496. The number of carbonyl (C=O) groups excluding carboxylic acids is 1. The molecule has 1 rings (SSSR count). The standard InChI is InChI=1S/C13H16N2O4S/c1-10(14)8-13(16)19-6-7-20-9-11-2-4-12(5-3-11)15(17)18/h2-5,8H,6-7,9,14H2,1H3/b10-8-. The number of rotatable bonds is 7. The fourth-order valence-corrected chi connectivity index (χ4v) is 2.11. The van der Waals surface area contributed by atoms with Crippen molar-refractivity contribution in [3.05, 3.63) is 51.7 Å². The summed E-state index contributed by atoms with van der Waals surface area (Å²) in [5, 5.41) is 10.5. The smallest absolute Gasteiger partial charge is 0.332 e. The van der Waals surface area contributed by atoms with Gasteiger partial charge in [0.25, 0.3) is 5.69 Å². The summed E-state index contributed by atoms with van der Waals surface area (Å²) in [7, 11) is 0. The minimum atomic E-state index is -0.444. The monoisotopic (exact) mass is 296 g/mol. The number of non-ortho nitro benzene ring substituents is 1. The molecule has 0 heterocycles. The number of hydrogen-bond acceptors (Lipinski definition) is 6. The molecule has 0 radical (unpaired) electrons. The molecule has 0 aliphatic carbocycles. The molecule has 2 N–H and O–H groups in total. The van der Waals surface area contributed by atoms with Crippen LogP contribution in [0.5, 0.6) is 0 Å². The van der Waals surface area contributed by atoms with E-state index in [2.05, 4.69) is 0 Å². The minimum Gasteiger partial charge on any atom is -0.462 e. The fourth-order valence-electron chi connectivity index (χ4n) is 1.33. The molecule has 0 spiro atoms. The van der Waals surface area contributed by atoms with Crippen LogP contribution in [0.4, 0.5) is 5.69 Å². The fraction of sp³-hybridized carbons (Fsp3) is 0.308. The summed E-state index contributed by atoms with van der Waals surface area (Å²) < 4.78 is 4.94. The Morgan fingerprint density at radius 1 is 1.45 bits per heavy atom. The molecule has 1 aromatic carbocycles. The molecule has 0 bridgehead atoms. The van der Waals surface area contributed by atoms with Gasteiger partial charge in [-0.25, -0.2) is 4.79 Å². The van der Waals surface area contributed by atoms with Crippen molar-refractivity contribution in [1.29, 1.82) is 0 Å². The quantitative estimate of drug-likeness (QED) is 0.272. The Labute approximate surface area is 121 Å². The molecule has 0 unspecified atom stereocenters. The molecular weight excluding hydrogens is 280 g/mol. The van der Waals surface area contributed by atoms with E-state index in [0.29, 0.717) is 23.8 Å². The zero-order valence-corrected chi connectivity index (χ0v) is 11.9. The Balaban J connectivity index is 2.23. The molecule has 0 aliphatic heterocycles. The average molecular weight is 296 g/mol. The van der Waals surface area contributed by atoms with Crippen LogP contribution in [0.25, 0.3) is 0 Å². The third-order valence-corrected chi connectivity index (χ3v) is 3.23. The average Bonchev–Trinajstić information content (AvgIpc) is 2.38. The van der Waals surface area contributed by atoms with Gasteiger partial charge >= 0.3 is 5.97 Å². The Morgan fingerprint density at radius 3 is 2.65 bits per heavy atom. The first-order valence-electron chi connectivity index (χ1n) is 5.90. The van der Waals surface area contributed by atoms with Gasteiger partial charge in [0, 0.05) is 35.4 Å². The van der Waals surface area contributed by atoms with Crippen LogP contribution in [0.1, 0.15) is 12.5 Å². The number of thioether (sulfide) groups is 1. The number of nitro groups is 1. The summed E-state index contributed by atoms with van der Waals surface area (Å²) in [6.45, 7) is 1.92. The van der Waals surface area contributed by atoms with Crippen LogP contribution in [0.3, 0.4) is 0 Å². The minimum absolute atomic E-state index is 0.0802. The lowest BCUT2D eigenvalue weighted by Crippen LogP contribution is -2.06. The lowest BCUT2D eigenvalue weighted by atomic mass is 10.2. The van der Waals surface area contributed by atoms with E-state index < -0.39 is 10.9 Å². The van der Waals surface area contributed by atoms with Crippen molar-refractivity contribution in [1.82, 2.24) is 0 Å². The number of nitro benzene ring substituents is 1. The highest BCUT2D eigenvalue weighted by Gasteiger charge is 2.04. The number of esters is 1. The maximum absolute atomic E-state index is 11.1. The van der Waals surface area contributed by atoms with E-state index in [9.17, 15) is 14.9 Å². The van der Waals surface area contributed by atoms with Crippen LogP contribution >= 0.6 is 11.8 Å². The SMILES string of the molecule is C/C(N)=C/C(=O)OCCSCc1ccc([N+](=O)[O-])cc1. The van der Waals surface area contributed by atoms with Gasteiger partial charge in [-0.3, -0.25) is 10.1 Å². The maximum Gasteiger partial charge on any atom is 0.332 e. The summed E-state index contributed by atoms with van der Waals surface area (Å²) in [4.78, 5) is 21.2. The second-order valence-electron chi connectivity index (χ2n) is 4.03. The molecule has 1 aromatic rings. The van der Waals surface area contributed by atoms with Gasteiger partial charge in [-0.2, -0.15) is 11.8 Å². The van der Waals surface area contributed by atoms with Crippen LogP contribution in [0, 0.1) is 10.1 Å². The van der Waals surface area contributed by atoms with Crippen molar-refractivity contribution >= 4 is 23.4 Å². The lowest BCUT2D eigenvalue weighted by molar-refractivity contribution is -0.384. The number of nitrogens with two attached hydrogens (primary N) is 1. The van der Waals surface area contributed by atoms with Crippen molar-refractivity contribution in [2.45, 2.75) is 12.7 Å². The van der Waals surface area contributed by atoms with Gasteiger partial charge in [0.05, 0.1) is 4.92 Å². The Kier molecular flexibility index (Phi) is 6.58. The second-order valence-corrected chi connectivity index (χ2v) is 5.14. The molecule has 0 aromatic heterocycles. The van der Waals surface area contributed by atoms with Crippen LogP contribution in [0.2, 0.25) is 0 Å². The number of benzene rings is 1. The number of hydrogen-bond donors (Lipinski definition) is 1. The number of carbonyl (C=O) groups is 1. The second kappa shape index (κ2) is 8.21. The predicted molar refractivity (Wildman–Crippen MR) is 78.2 cm³/mol. The van der Waals surface area contributed by atoms with E-state index >= 15 is 0 Å². The van der Waals surface area contributed by atoms with Crippen LogP contribution in [0.15, 0.2) is 36.0 Å². The predicted octanol–water partition coefficient (Wildman–Crippen LogP) is 2.23. The largest absolute Gasteiger partial charge is 0.462 e. The third kappa shape index (κ3) is 6.24. The molecular formula is C13H16N2O4S. The highest BCUT2D eigenvalue weighted by atomic mass is 32.2. The Morgan fingerprint density at radius 2 is 2.10 bits per heavy atom.